The van der Waals surface area contributed by atoms with Gasteiger partial charge in [0.05, 0.1) is 21.7 Å². The lowest BCUT2D eigenvalue weighted by molar-refractivity contribution is -0.119. The van der Waals surface area contributed by atoms with Crippen LogP contribution in [0.4, 0.5) is 5.69 Å². The zero-order valence-electron chi connectivity index (χ0n) is 14.7. The van der Waals surface area contributed by atoms with Crippen molar-refractivity contribution in [1.29, 1.82) is 0 Å². The van der Waals surface area contributed by atoms with Gasteiger partial charge in [-0.05, 0) is 37.3 Å². The maximum atomic E-state index is 12.4. The van der Waals surface area contributed by atoms with Gasteiger partial charge in [-0.1, -0.05) is 29.8 Å². The molecule has 8 heteroatoms. The average molecular weight is 399 g/mol. The van der Waals surface area contributed by atoms with Gasteiger partial charge in [-0.25, -0.2) is 9.59 Å². The van der Waals surface area contributed by atoms with Crippen LogP contribution in [0.5, 0.6) is 0 Å². The molecule has 0 aliphatic rings. The number of carbonyl (C=O) groups is 3. The number of rotatable bonds is 5. The van der Waals surface area contributed by atoms with Crippen LogP contribution in [0.2, 0.25) is 5.02 Å². The maximum Gasteiger partial charge on any atom is 0.339 e. The molecule has 0 fully saturated rings. The zero-order chi connectivity index (χ0) is 20.3. The summed E-state index contributed by atoms with van der Waals surface area (Å²) in [7, 11) is 0. The van der Waals surface area contributed by atoms with Gasteiger partial charge in [0.15, 0.2) is 6.61 Å². The van der Waals surface area contributed by atoms with Crippen LogP contribution < -0.4 is 5.32 Å². The van der Waals surface area contributed by atoms with Gasteiger partial charge < -0.3 is 15.2 Å². The minimum absolute atomic E-state index is 0.0526. The van der Waals surface area contributed by atoms with Crippen molar-refractivity contribution >= 4 is 46.0 Å². The smallest absolute Gasteiger partial charge is 0.339 e. The Morgan fingerprint density at radius 3 is 2.61 bits per heavy atom. The number of amides is 1. The Hall–Kier alpha value is -3.45. The summed E-state index contributed by atoms with van der Waals surface area (Å²) in [6.07, 6.45) is 0. The van der Waals surface area contributed by atoms with E-state index < -0.39 is 24.5 Å². The summed E-state index contributed by atoms with van der Waals surface area (Å²) in [5, 5.41) is 12.2. The van der Waals surface area contributed by atoms with Crippen LogP contribution in [0.15, 0.2) is 48.5 Å². The molecule has 0 aliphatic carbocycles. The summed E-state index contributed by atoms with van der Waals surface area (Å²) in [6, 6.07) is 12.8. The highest BCUT2D eigenvalue weighted by atomic mass is 35.5. The molecule has 0 bridgehead atoms. The van der Waals surface area contributed by atoms with Crippen molar-refractivity contribution in [3.63, 3.8) is 0 Å². The first kappa shape index (κ1) is 19.3. The lowest BCUT2D eigenvalue weighted by Crippen LogP contribution is -2.21. The molecule has 0 unspecified atom stereocenters. The number of para-hydroxylation sites is 1. The number of ether oxygens (including phenoxy) is 1. The molecule has 2 N–H and O–H groups in total. The first-order chi connectivity index (χ1) is 13.3. The third-order valence-corrected chi connectivity index (χ3v) is 4.21. The molecule has 1 amide bonds. The highest BCUT2D eigenvalue weighted by Gasteiger charge is 2.16. The van der Waals surface area contributed by atoms with E-state index in [0.717, 1.165) is 0 Å². The van der Waals surface area contributed by atoms with E-state index in [1.807, 2.05) is 6.07 Å². The van der Waals surface area contributed by atoms with Crippen molar-refractivity contribution in [1.82, 2.24) is 4.98 Å². The summed E-state index contributed by atoms with van der Waals surface area (Å²) >= 11 is 5.79. The largest absolute Gasteiger partial charge is 0.478 e. The highest BCUT2D eigenvalue weighted by Crippen LogP contribution is 2.21. The lowest BCUT2D eigenvalue weighted by Gasteiger charge is -2.10. The first-order valence-corrected chi connectivity index (χ1v) is 8.59. The molecule has 0 atom stereocenters. The van der Waals surface area contributed by atoms with E-state index in [1.54, 1.807) is 31.2 Å². The third kappa shape index (κ3) is 4.27. The first-order valence-electron chi connectivity index (χ1n) is 8.21. The third-order valence-electron chi connectivity index (χ3n) is 3.88. The Balaban J connectivity index is 1.69. The van der Waals surface area contributed by atoms with Gasteiger partial charge in [0, 0.05) is 16.8 Å². The van der Waals surface area contributed by atoms with Crippen molar-refractivity contribution in [2.75, 3.05) is 11.9 Å². The number of aromatic nitrogens is 1. The molecule has 2 aromatic carbocycles. The number of hydrogen-bond donors (Lipinski definition) is 2. The Morgan fingerprint density at radius 1 is 1.11 bits per heavy atom. The number of nitrogens with zero attached hydrogens (tertiary/aromatic N) is 1. The number of carboxylic acids is 1. The van der Waals surface area contributed by atoms with Gasteiger partial charge >= 0.3 is 11.9 Å². The van der Waals surface area contributed by atoms with Gasteiger partial charge in [-0.15, -0.1) is 0 Å². The second kappa shape index (κ2) is 8.06. The second-order valence-electron chi connectivity index (χ2n) is 5.95. The van der Waals surface area contributed by atoms with E-state index in [4.69, 9.17) is 21.4 Å². The minimum atomic E-state index is -1.22. The number of aryl methyl sites for hydroxylation is 1. The number of hydrogen-bond acceptors (Lipinski definition) is 5. The fourth-order valence-electron chi connectivity index (χ4n) is 2.65. The van der Waals surface area contributed by atoms with Crippen molar-refractivity contribution in [2.24, 2.45) is 0 Å². The van der Waals surface area contributed by atoms with Gasteiger partial charge in [0.2, 0.25) is 0 Å². The number of halogens is 1. The number of benzene rings is 2. The topological polar surface area (TPSA) is 106 Å². The van der Waals surface area contributed by atoms with Crippen molar-refractivity contribution < 1.29 is 24.2 Å². The zero-order valence-corrected chi connectivity index (χ0v) is 15.5. The normalized spacial score (nSPS) is 10.5. The summed E-state index contributed by atoms with van der Waals surface area (Å²) in [4.78, 5) is 39.9. The van der Waals surface area contributed by atoms with Gasteiger partial charge in [0.25, 0.3) is 5.91 Å². The van der Waals surface area contributed by atoms with Crippen LogP contribution in [0, 0.1) is 6.92 Å². The molecule has 0 spiro atoms. The maximum absolute atomic E-state index is 12.4. The molecule has 142 valence electrons. The van der Waals surface area contributed by atoms with Crippen molar-refractivity contribution in [2.45, 2.75) is 6.92 Å². The standard InChI is InChI=1S/C20H15ClN2O5/c1-11-8-14(13-4-2-3-5-17(13)22-11)20(27)28-10-18(24)23-12-6-7-16(21)15(9-12)19(25)26/h2-9H,10H2,1H3,(H,23,24)(H,25,26). The summed E-state index contributed by atoms with van der Waals surface area (Å²) in [6.45, 7) is 1.23. The molecule has 7 nitrogen and oxygen atoms in total. The van der Waals surface area contributed by atoms with Crippen molar-refractivity contribution in [3.05, 3.63) is 70.4 Å². The molecule has 0 saturated carbocycles. The number of esters is 1. The number of aromatic carboxylic acids is 1. The fourth-order valence-corrected chi connectivity index (χ4v) is 2.85. The molecule has 1 aromatic heterocycles. The number of carbonyl (C=O) groups excluding carboxylic acids is 2. The molecule has 1 heterocycles. The fraction of sp³-hybridized carbons (Fsp3) is 0.100. The van der Waals surface area contributed by atoms with Crippen LogP contribution in [0.3, 0.4) is 0 Å². The van der Waals surface area contributed by atoms with Crippen LogP contribution >= 0.6 is 11.6 Å². The van der Waals surface area contributed by atoms with E-state index in [1.165, 1.54) is 18.2 Å². The van der Waals surface area contributed by atoms with Crippen molar-refractivity contribution in [3.8, 4) is 0 Å². The molecule has 0 saturated heterocycles. The summed E-state index contributed by atoms with van der Waals surface area (Å²) < 4.78 is 5.11. The molecular formula is C20H15ClN2O5. The van der Waals surface area contributed by atoms with Crippen LogP contribution in [-0.4, -0.2) is 34.5 Å². The second-order valence-corrected chi connectivity index (χ2v) is 6.36. The minimum Gasteiger partial charge on any atom is -0.478 e. The predicted molar refractivity (Wildman–Crippen MR) is 104 cm³/mol. The van der Waals surface area contributed by atoms with E-state index in [0.29, 0.717) is 22.2 Å². The summed E-state index contributed by atoms with van der Waals surface area (Å²) in [5.74, 6) is -2.48. The van der Waals surface area contributed by atoms with Gasteiger partial charge in [-0.2, -0.15) is 0 Å². The monoisotopic (exact) mass is 398 g/mol. The Morgan fingerprint density at radius 2 is 1.86 bits per heavy atom. The SMILES string of the molecule is Cc1cc(C(=O)OCC(=O)Nc2ccc(Cl)c(C(=O)O)c2)c2ccccc2n1. The molecule has 0 aliphatic heterocycles. The molecule has 0 radical (unpaired) electrons. The molecule has 28 heavy (non-hydrogen) atoms. The average Bonchev–Trinajstić information content (AvgIpc) is 2.66. The van der Waals surface area contributed by atoms with Crippen LogP contribution in [-0.2, 0) is 9.53 Å². The number of fused-ring (bicyclic) bond motifs is 1. The Labute approximate surface area is 164 Å². The van der Waals surface area contributed by atoms with E-state index in [9.17, 15) is 14.4 Å². The summed E-state index contributed by atoms with van der Waals surface area (Å²) in [5.41, 5.74) is 1.71. The van der Waals surface area contributed by atoms with E-state index >= 15 is 0 Å². The highest BCUT2D eigenvalue weighted by molar-refractivity contribution is 6.33. The van der Waals surface area contributed by atoms with E-state index in [2.05, 4.69) is 10.3 Å². The molecule has 3 rings (SSSR count). The van der Waals surface area contributed by atoms with Gasteiger partial charge in [-0.3, -0.25) is 9.78 Å². The number of pyridine rings is 1. The number of anilines is 1. The number of carboxylic acid groups (broad SMARTS) is 1. The molecular weight excluding hydrogens is 384 g/mol. The van der Waals surface area contributed by atoms with Gasteiger partial charge in [0.1, 0.15) is 0 Å². The quantitative estimate of drug-likeness (QED) is 0.635. The molecule has 3 aromatic rings. The van der Waals surface area contributed by atoms with Crippen LogP contribution in [0.1, 0.15) is 26.4 Å². The van der Waals surface area contributed by atoms with E-state index in [-0.39, 0.29) is 16.3 Å². The predicted octanol–water partition coefficient (Wildman–Crippen LogP) is 3.69. The lowest BCUT2D eigenvalue weighted by atomic mass is 10.1. The van der Waals surface area contributed by atoms with Crippen LogP contribution in [0.25, 0.3) is 10.9 Å². The Kier molecular flexibility index (Phi) is 5.56. The number of nitrogens with one attached hydrogen (secondary N) is 1. The Bertz CT molecular complexity index is 1100.